The van der Waals surface area contributed by atoms with E-state index in [4.69, 9.17) is 11.6 Å². The van der Waals surface area contributed by atoms with Crippen molar-refractivity contribution in [3.63, 3.8) is 0 Å². The van der Waals surface area contributed by atoms with Gasteiger partial charge in [-0.25, -0.2) is 4.39 Å². The van der Waals surface area contributed by atoms with Gasteiger partial charge in [0.25, 0.3) is 5.91 Å². The molecular formula is C12H17Cl2FN2O. The van der Waals surface area contributed by atoms with Gasteiger partial charge < -0.3 is 10.6 Å². The van der Waals surface area contributed by atoms with Crippen LogP contribution in [0, 0.1) is 5.82 Å². The fourth-order valence-corrected chi connectivity index (χ4v) is 1.69. The second kappa shape index (κ2) is 8.29. The van der Waals surface area contributed by atoms with Crippen LogP contribution in [0.25, 0.3) is 0 Å². The van der Waals surface area contributed by atoms with Crippen molar-refractivity contribution >= 4 is 29.9 Å². The molecule has 0 aliphatic heterocycles. The Kier molecular flexibility index (Phi) is 7.91. The molecule has 1 aromatic carbocycles. The number of benzene rings is 1. The molecule has 0 spiro atoms. The zero-order chi connectivity index (χ0) is 12.8. The van der Waals surface area contributed by atoms with Gasteiger partial charge in [-0.05, 0) is 31.7 Å². The molecule has 1 atom stereocenters. The summed E-state index contributed by atoms with van der Waals surface area (Å²) in [6, 6.07) is 3.91. The van der Waals surface area contributed by atoms with Crippen LogP contribution in [0.15, 0.2) is 18.2 Å². The van der Waals surface area contributed by atoms with Crippen LogP contribution >= 0.6 is 24.0 Å². The predicted octanol–water partition coefficient (Wildman–Crippen LogP) is 2.63. The summed E-state index contributed by atoms with van der Waals surface area (Å²) in [6.45, 7) is 5.31. The Hall–Kier alpha value is -0.840. The molecule has 0 radical (unpaired) electrons. The van der Waals surface area contributed by atoms with Crippen LogP contribution in [-0.2, 0) is 0 Å². The lowest BCUT2D eigenvalue weighted by atomic mass is 10.2. The van der Waals surface area contributed by atoms with E-state index in [-0.39, 0.29) is 34.9 Å². The smallest absolute Gasteiger partial charge is 0.252 e. The molecule has 0 fully saturated rings. The van der Waals surface area contributed by atoms with E-state index in [0.717, 1.165) is 12.6 Å². The van der Waals surface area contributed by atoms with Crippen molar-refractivity contribution in [3.8, 4) is 0 Å². The van der Waals surface area contributed by atoms with E-state index in [1.54, 1.807) is 0 Å². The standard InChI is InChI=1S/C12H16ClFN2O.ClH/c1-3-15-8(2)7-16-12(17)10-5-4-9(14)6-11(10)13;/h4-6,8,15H,3,7H2,1-2H3,(H,16,17);1H/t8-;/m1./s1. The number of halogens is 3. The Morgan fingerprint density at radius 2 is 2.17 bits per heavy atom. The van der Waals surface area contributed by atoms with Crippen molar-refractivity contribution in [1.82, 2.24) is 10.6 Å². The molecule has 0 saturated carbocycles. The maximum Gasteiger partial charge on any atom is 0.252 e. The van der Waals surface area contributed by atoms with Gasteiger partial charge in [0.05, 0.1) is 10.6 Å². The van der Waals surface area contributed by atoms with Gasteiger partial charge in [-0.15, -0.1) is 12.4 Å². The topological polar surface area (TPSA) is 41.1 Å². The van der Waals surface area contributed by atoms with Crippen LogP contribution in [0.4, 0.5) is 4.39 Å². The Labute approximate surface area is 118 Å². The molecule has 0 aliphatic rings. The van der Waals surface area contributed by atoms with Gasteiger partial charge >= 0.3 is 0 Å². The van der Waals surface area contributed by atoms with Crippen LogP contribution in [0.2, 0.25) is 5.02 Å². The molecular weight excluding hydrogens is 278 g/mol. The average molecular weight is 295 g/mol. The van der Waals surface area contributed by atoms with Gasteiger partial charge in [-0.1, -0.05) is 18.5 Å². The highest BCUT2D eigenvalue weighted by Crippen LogP contribution is 2.16. The molecule has 0 saturated heterocycles. The van der Waals surface area contributed by atoms with Gasteiger partial charge in [0.1, 0.15) is 5.82 Å². The van der Waals surface area contributed by atoms with E-state index in [9.17, 15) is 9.18 Å². The van der Waals surface area contributed by atoms with Crippen LogP contribution in [0.5, 0.6) is 0 Å². The number of carbonyl (C=O) groups excluding carboxylic acids is 1. The van der Waals surface area contributed by atoms with Crippen molar-refractivity contribution in [2.24, 2.45) is 0 Å². The summed E-state index contributed by atoms with van der Waals surface area (Å²) in [4.78, 5) is 11.7. The SMILES string of the molecule is CCN[C@H](C)CNC(=O)c1ccc(F)cc1Cl.Cl. The van der Waals surface area contributed by atoms with Gasteiger partial charge in [-0.2, -0.15) is 0 Å². The molecule has 1 rings (SSSR count). The number of likely N-dealkylation sites (N-methyl/N-ethyl adjacent to an activating group) is 1. The van der Waals surface area contributed by atoms with Gasteiger partial charge in [0.2, 0.25) is 0 Å². The minimum atomic E-state index is -0.451. The molecule has 3 nitrogen and oxygen atoms in total. The highest BCUT2D eigenvalue weighted by Gasteiger charge is 2.11. The molecule has 0 aliphatic carbocycles. The van der Waals surface area contributed by atoms with E-state index in [0.29, 0.717) is 6.54 Å². The highest BCUT2D eigenvalue weighted by molar-refractivity contribution is 6.33. The third kappa shape index (κ3) is 5.21. The Balaban J connectivity index is 0.00000289. The molecule has 102 valence electrons. The number of amides is 1. The summed E-state index contributed by atoms with van der Waals surface area (Å²) in [7, 11) is 0. The number of nitrogens with one attached hydrogen (secondary N) is 2. The van der Waals surface area contributed by atoms with Gasteiger partial charge in [0, 0.05) is 12.6 Å². The molecule has 18 heavy (non-hydrogen) atoms. The summed E-state index contributed by atoms with van der Waals surface area (Å²) in [5.41, 5.74) is 0.289. The van der Waals surface area contributed by atoms with E-state index in [1.807, 2.05) is 13.8 Å². The molecule has 1 amide bonds. The monoisotopic (exact) mass is 294 g/mol. The van der Waals surface area contributed by atoms with E-state index in [2.05, 4.69) is 10.6 Å². The van der Waals surface area contributed by atoms with Crippen LogP contribution in [0.1, 0.15) is 24.2 Å². The average Bonchev–Trinajstić information content (AvgIpc) is 2.26. The maximum atomic E-state index is 12.8. The number of hydrogen-bond donors (Lipinski definition) is 2. The molecule has 0 heterocycles. The summed E-state index contributed by atoms with van der Waals surface area (Å²) >= 11 is 5.78. The van der Waals surface area contributed by atoms with E-state index >= 15 is 0 Å². The first-order valence-electron chi connectivity index (χ1n) is 5.51. The van der Waals surface area contributed by atoms with Gasteiger partial charge in [0.15, 0.2) is 0 Å². The van der Waals surface area contributed by atoms with E-state index < -0.39 is 5.82 Å². The van der Waals surface area contributed by atoms with E-state index in [1.165, 1.54) is 12.1 Å². The zero-order valence-electron chi connectivity index (χ0n) is 10.3. The van der Waals surface area contributed by atoms with Crippen LogP contribution < -0.4 is 10.6 Å². The Bertz CT molecular complexity index is 402. The molecule has 6 heteroatoms. The third-order valence-electron chi connectivity index (χ3n) is 2.30. The highest BCUT2D eigenvalue weighted by atomic mass is 35.5. The molecule has 2 N–H and O–H groups in total. The predicted molar refractivity (Wildman–Crippen MR) is 74.1 cm³/mol. The second-order valence-corrected chi connectivity index (χ2v) is 4.20. The molecule has 0 bridgehead atoms. The lowest BCUT2D eigenvalue weighted by Gasteiger charge is -2.13. The zero-order valence-corrected chi connectivity index (χ0v) is 11.9. The van der Waals surface area contributed by atoms with Crippen molar-refractivity contribution in [1.29, 1.82) is 0 Å². The first-order chi connectivity index (χ1) is 8.04. The summed E-state index contributed by atoms with van der Waals surface area (Å²) in [5.74, 6) is -0.743. The normalized spacial score (nSPS) is 11.6. The lowest BCUT2D eigenvalue weighted by molar-refractivity contribution is 0.0950. The fraction of sp³-hybridized carbons (Fsp3) is 0.417. The van der Waals surface area contributed by atoms with Crippen molar-refractivity contribution in [3.05, 3.63) is 34.6 Å². The Morgan fingerprint density at radius 1 is 1.50 bits per heavy atom. The number of rotatable bonds is 5. The van der Waals surface area contributed by atoms with Crippen molar-refractivity contribution in [2.75, 3.05) is 13.1 Å². The lowest BCUT2D eigenvalue weighted by Crippen LogP contribution is -2.38. The summed E-state index contributed by atoms with van der Waals surface area (Å²) in [5, 5.41) is 6.03. The van der Waals surface area contributed by atoms with Crippen LogP contribution in [0.3, 0.4) is 0 Å². The minimum Gasteiger partial charge on any atom is -0.350 e. The molecule has 0 aromatic heterocycles. The van der Waals surface area contributed by atoms with Crippen LogP contribution in [-0.4, -0.2) is 25.0 Å². The summed E-state index contributed by atoms with van der Waals surface area (Å²) in [6.07, 6.45) is 0. The quantitative estimate of drug-likeness (QED) is 0.877. The number of carbonyl (C=O) groups is 1. The first-order valence-corrected chi connectivity index (χ1v) is 5.89. The third-order valence-corrected chi connectivity index (χ3v) is 2.61. The largest absolute Gasteiger partial charge is 0.350 e. The van der Waals surface area contributed by atoms with Gasteiger partial charge in [-0.3, -0.25) is 4.79 Å². The van der Waals surface area contributed by atoms with Crippen molar-refractivity contribution in [2.45, 2.75) is 19.9 Å². The maximum absolute atomic E-state index is 12.8. The second-order valence-electron chi connectivity index (χ2n) is 3.79. The Morgan fingerprint density at radius 3 is 2.72 bits per heavy atom. The number of hydrogen-bond acceptors (Lipinski definition) is 2. The fourth-order valence-electron chi connectivity index (χ4n) is 1.44. The first kappa shape index (κ1) is 17.2. The van der Waals surface area contributed by atoms with Crippen molar-refractivity contribution < 1.29 is 9.18 Å². The minimum absolute atomic E-state index is 0. The molecule has 0 unspecified atom stereocenters. The molecule has 1 aromatic rings. The summed E-state index contributed by atoms with van der Waals surface area (Å²) < 4.78 is 12.8.